The summed E-state index contributed by atoms with van der Waals surface area (Å²) < 4.78 is 19.2. The summed E-state index contributed by atoms with van der Waals surface area (Å²) >= 11 is 0. The van der Waals surface area contributed by atoms with E-state index in [0.29, 0.717) is 23.0 Å². The van der Waals surface area contributed by atoms with E-state index in [9.17, 15) is 4.39 Å². The maximum atomic E-state index is 13.6. The first-order valence-electron chi connectivity index (χ1n) is 7.05. The van der Waals surface area contributed by atoms with E-state index in [-0.39, 0.29) is 11.9 Å². The Labute approximate surface area is 128 Å². The number of nitrogens with one attached hydrogen (secondary N) is 1. The van der Waals surface area contributed by atoms with Gasteiger partial charge in [-0.3, -0.25) is 0 Å². The monoisotopic (exact) mass is 297 g/mol. The molecule has 0 unspecified atom stereocenters. The maximum absolute atomic E-state index is 13.6. The standard InChI is InChI=1S/C17H16FN3O/c1-11-8-9-14(10-15(11)18)19-12(2)16-20-21-17(22-16)13-6-4-3-5-7-13/h3-10,12,19H,1-2H3/t12-/m0/s1. The molecule has 0 saturated heterocycles. The Hall–Kier alpha value is -2.69. The van der Waals surface area contributed by atoms with Gasteiger partial charge in [0, 0.05) is 11.3 Å². The predicted molar refractivity (Wildman–Crippen MR) is 82.9 cm³/mol. The fraction of sp³-hybridized carbons (Fsp3) is 0.176. The van der Waals surface area contributed by atoms with Gasteiger partial charge in [0.25, 0.3) is 0 Å². The quantitative estimate of drug-likeness (QED) is 0.777. The third-order valence-corrected chi connectivity index (χ3v) is 3.39. The number of rotatable bonds is 4. The Kier molecular flexibility index (Phi) is 3.87. The average molecular weight is 297 g/mol. The van der Waals surface area contributed by atoms with E-state index in [1.165, 1.54) is 6.07 Å². The summed E-state index contributed by atoms with van der Waals surface area (Å²) in [5.41, 5.74) is 2.16. The second-order valence-electron chi connectivity index (χ2n) is 5.14. The lowest BCUT2D eigenvalue weighted by atomic mass is 10.2. The number of hydrogen-bond acceptors (Lipinski definition) is 4. The summed E-state index contributed by atoms with van der Waals surface area (Å²) in [7, 11) is 0. The van der Waals surface area contributed by atoms with Crippen molar-refractivity contribution in [1.29, 1.82) is 0 Å². The topological polar surface area (TPSA) is 51.0 Å². The van der Waals surface area contributed by atoms with Crippen LogP contribution in [0, 0.1) is 12.7 Å². The minimum Gasteiger partial charge on any atom is -0.418 e. The van der Waals surface area contributed by atoms with Crippen molar-refractivity contribution in [3.8, 4) is 11.5 Å². The molecule has 4 nitrogen and oxygen atoms in total. The molecule has 3 rings (SSSR count). The molecule has 0 aliphatic heterocycles. The molecule has 0 amide bonds. The zero-order valence-electron chi connectivity index (χ0n) is 12.4. The minimum absolute atomic E-state index is 0.216. The highest BCUT2D eigenvalue weighted by atomic mass is 19.1. The lowest BCUT2D eigenvalue weighted by Crippen LogP contribution is -2.07. The average Bonchev–Trinajstić information content (AvgIpc) is 3.02. The summed E-state index contributed by atoms with van der Waals surface area (Å²) in [6, 6.07) is 14.4. The van der Waals surface area contributed by atoms with E-state index in [0.717, 1.165) is 5.56 Å². The highest BCUT2D eigenvalue weighted by molar-refractivity contribution is 5.52. The van der Waals surface area contributed by atoms with Crippen LogP contribution in [0.4, 0.5) is 10.1 Å². The fourth-order valence-corrected chi connectivity index (χ4v) is 2.10. The van der Waals surface area contributed by atoms with Crippen molar-refractivity contribution >= 4 is 5.69 Å². The molecule has 5 heteroatoms. The molecule has 0 aliphatic rings. The van der Waals surface area contributed by atoms with Crippen molar-refractivity contribution in [3.63, 3.8) is 0 Å². The van der Waals surface area contributed by atoms with Crippen LogP contribution >= 0.6 is 0 Å². The molecule has 0 fully saturated rings. The van der Waals surface area contributed by atoms with Gasteiger partial charge in [-0.15, -0.1) is 10.2 Å². The van der Waals surface area contributed by atoms with Gasteiger partial charge in [0.15, 0.2) is 0 Å². The lowest BCUT2D eigenvalue weighted by Gasteiger charge is -2.11. The van der Waals surface area contributed by atoms with Crippen molar-refractivity contribution in [1.82, 2.24) is 10.2 Å². The first-order chi connectivity index (χ1) is 10.6. The van der Waals surface area contributed by atoms with Crippen LogP contribution in [0.3, 0.4) is 0 Å². The highest BCUT2D eigenvalue weighted by Crippen LogP contribution is 2.23. The molecule has 0 radical (unpaired) electrons. The molecule has 0 aliphatic carbocycles. The number of halogens is 1. The molecule has 2 aromatic carbocycles. The van der Waals surface area contributed by atoms with Gasteiger partial charge in [-0.1, -0.05) is 24.3 Å². The van der Waals surface area contributed by atoms with Crippen LogP contribution in [0.25, 0.3) is 11.5 Å². The summed E-state index contributed by atoms with van der Waals surface area (Å²) in [5.74, 6) is 0.687. The number of anilines is 1. The van der Waals surface area contributed by atoms with Crippen molar-refractivity contribution in [3.05, 3.63) is 65.8 Å². The second kappa shape index (κ2) is 5.97. The maximum Gasteiger partial charge on any atom is 0.247 e. The normalized spacial score (nSPS) is 12.1. The van der Waals surface area contributed by atoms with Crippen LogP contribution in [-0.4, -0.2) is 10.2 Å². The number of benzene rings is 2. The number of nitrogens with zero attached hydrogens (tertiary/aromatic N) is 2. The predicted octanol–water partition coefficient (Wildman–Crippen LogP) is 4.36. The molecular formula is C17H16FN3O. The zero-order chi connectivity index (χ0) is 15.5. The molecule has 22 heavy (non-hydrogen) atoms. The molecule has 112 valence electrons. The second-order valence-corrected chi connectivity index (χ2v) is 5.14. The summed E-state index contributed by atoms with van der Waals surface area (Å²) in [4.78, 5) is 0. The van der Waals surface area contributed by atoms with E-state index < -0.39 is 0 Å². The van der Waals surface area contributed by atoms with E-state index >= 15 is 0 Å². The molecule has 1 atom stereocenters. The highest BCUT2D eigenvalue weighted by Gasteiger charge is 2.15. The molecule has 1 aromatic heterocycles. The van der Waals surface area contributed by atoms with Crippen LogP contribution in [0.5, 0.6) is 0 Å². The number of hydrogen-bond donors (Lipinski definition) is 1. The first-order valence-corrected chi connectivity index (χ1v) is 7.05. The van der Waals surface area contributed by atoms with Gasteiger partial charge in [0.05, 0.1) is 0 Å². The van der Waals surface area contributed by atoms with E-state index in [2.05, 4.69) is 15.5 Å². The van der Waals surface area contributed by atoms with Gasteiger partial charge in [-0.2, -0.15) is 0 Å². The van der Waals surface area contributed by atoms with Gasteiger partial charge in [-0.25, -0.2) is 4.39 Å². The van der Waals surface area contributed by atoms with Gasteiger partial charge in [-0.05, 0) is 43.7 Å². The van der Waals surface area contributed by atoms with Gasteiger partial charge in [0.2, 0.25) is 11.8 Å². The van der Waals surface area contributed by atoms with Gasteiger partial charge >= 0.3 is 0 Å². The Balaban J connectivity index is 1.77. The molecule has 0 bridgehead atoms. The van der Waals surface area contributed by atoms with E-state index in [4.69, 9.17) is 4.42 Å². The Bertz CT molecular complexity index is 771. The molecule has 1 N–H and O–H groups in total. The first kappa shape index (κ1) is 14.3. The summed E-state index contributed by atoms with van der Waals surface area (Å²) in [5, 5.41) is 11.3. The summed E-state index contributed by atoms with van der Waals surface area (Å²) in [6.07, 6.45) is 0. The molecule has 3 aromatic rings. The SMILES string of the molecule is Cc1ccc(N[C@@H](C)c2nnc(-c3ccccc3)o2)cc1F. The van der Waals surface area contributed by atoms with Gasteiger partial charge in [0.1, 0.15) is 11.9 Å². The zero-order valence-corrected chi connectivity index (χ0v) is 12.4. The Morgan fingerprint density at radius 2 is 1.86 bits per heavy atom. The lowest BCUT2D eigenvalue weighted by molar-refractivity contribution is 0.485. The van der Waals surface area contributed by atoms with E-state index in [1.807, 2.05) is 43.3 Å². The van der Waals surface area contributed by atoms with Gasteiger partial charge < -0.3 is 9.73 Å². The number of aryl methyl sites for hydroxylation is 1. The Morgan fingerprint density at radius 3 is 2.59 bits per heavy atom. The van der Waals surface area contributed by atoms with Crippen molar-refractivity contribution < 1.29 is 8.81 Å². The third kappa shape index (κ3) is 2.98. The Morgan fingerprint density at radius 1 is 1.09 bits per heavy atom. The van der Waals surface area contributed by atoms with E-state index in [1.54, 1.807) is 13.0 Å². The van der Waals surface area contributed by atoms with Crippen LogP contribution in [0.15, 0.2) is 52.9 Å². The van der Waals surface area contributed by atoms with Crippen molar-refractivity contribution in [2.24, 2.45) is 0 Å². The van der Waals surface area contributed by atoms with Crippen molar-refractivity contribution in [2.45, 2.75) is 19.9 Å². The van der Waals surface area contributed by atoms with Crippen LogP contribution in [0.1, 0.15) is 24.4 Å². The largest absolute Gasteiger partial charge is 0.418 e. The molecular weight excluding hydrogens is 281 g/mol. The third-order valence-electron chi connectivity index (χ3n) is 3.39. The summed E-state index contributed by atoms with van der Waals surface area (Å²) in [6.45, 7) is 3.62. The van der Waals surface area contributed by atoms with Crippen LogP contribution < -0.4 is 5.32 Å². The number of aromatic nitrogens is 2. The fourth-order valence-electron chi connectivity index (χ4n) is 2.10. The smallest absolute Gasteiger partial charge is 0.247 e. The van der Waals surface area contributed by atoms with Crippen molar-refractivity contribution in [2.75, 3.05) is 5.32 Å². The molecule has 1 heterocycles. The molecule has 0 spiro atoms. The van der Waals surface area contributed by atoms with Crippen LogP contribution in [0.2, 0.25) is 0 Å². The minimum atomic E-state index is -0.243. The van der Waals surface area contributed by atoms with Crippen LogP contribution in [-0.2, 0) is 0 Å². The molecule has 0 saturated carbocycles.